The zero-order valence-electron chi connectivity index (χ0n) is 10.8. The number of hydrogen-bond donors (Lipinski definition) is 1. The number of carbonyl (C=O) groups is 1. The van der Waals surface area contributed by atoms with Crippen molar-refractivity contribution in [3.63, 3.8) is 0 Å². The van der Waals surface area contributed by atoms with Crippen LogP contribution >= 0.6 is 27.5 Å². The number of aromatic nitrogens is 1. The summed E-state index contributed by atoms with van der Waals surface area (Å²) in [6, 6.07) is 6.00. The second-order valence-corrected chi connectivity index (χ2v) is 7.39. The fraction of sp³-hybridized carbons (Fsp3) is 0.0769. The van der Waals surface area contributed by atoms with E-state index in [2.05, 4.69) is 25.6 Å². The number of anilines is 1. The summed E-state index contributed by atoms with van der Waals surface area (Å²) in [5.74, 6) is -0.466. The molecule has 2 heterocycles. The molecule has 1 aromatic heterocycles. The highest BCUT2D eigenvalue weighted by atomic mass is 79.9. The van der Waals surface area contributed by atoms with E-state index in [1.165, 1.54) is 12.1 Å². The van der Waals surface area contributed by atoms with Crippen LogP contribution in [0.3, 0.4) is 0 Å². The van der Waals surface area contributed by atoms with Gasteiger partial charge >= 0.3 is 5.97 Å². The number of esters is 1. The van der Waals surface area contributed by atoms with Gasteiger partial charge in [0, 0.05) is 17.4 Å². The fourth-order valence-corrected chi connectivity index (χ4v) is 3.57. The Kier molecular flexibility index (Phi) is 3.84. The van der Waals surface area contributed by atoms with Crippen LogP contribution in [-0.2, 0) is 21.4 Å². The topological polar surface area (TPSA) is 85.4 Å². The van der Waals surface area contributed by atoms with Gasteiger partial charge in [-0.25, -0.2) is 18.2 Å². The van der Waals surface area contributed by atoms with Gasteiger partial charge in [-0.05, 0) is 34.1 Å². The maximum atomic E-state index is 12.3. The molecular formula is C13H8BrClN2O4S. The number of nitrogens with zero attached hydrogens (tertiary/aromatic N) is 1. The van der Waals surface area contributed by atoms with Crippen molar-refractivity contribution in [2.75, 3.05) is 4.72 Å². The van der Waals surface area contributed by atoms with E-state index >= 15 is 0 Å². The number of hydrogen-bond acceptors (Lipinski definition) is 5. The fourth-order valence-electron chi connectivity index (χ4n) is 1.94. The summed E-state index contributed by atoms with van der Waals surface area (Å²) >= 11 is 8.87. The van der Waals surface area contributed by atoms with E-state index in [9.17, 15) is 13.2 Å². The van der Waals surface area contributed by atoms with Crippen LogP contribution in [0.4, 0.5) is 5.69 Å². The van der Waals surface area contributed by atoms with Gasteiger partial charge in [-0.1, -0.05) is 17.7 Å². The number of benzene rings is 1. The lowest BCUT2D eigenvalue weighted by atomic mass is 10.1. The Morgan fingerprint density at radius 2 is 2.09 bits per heavy atom. The Bertz CT molecular complexity index is 886. The number of sulfonamides is 1. The van der Waals surface area contributed by atoms with Gasteiger partial charge in [0.05, 0.1) is 10.0 Å². The molecule has 1 aromatic carbocycles. The zero-order valence-corrected chi connectivity index (χ0v) is 14.0. The largest absolute Gasteiger partial charge is 0.457 e. The molecule has 0 saturated carbocycles. The Hall–Kier alpha value is -1.64. The molecule has 1 N–H and O–H groups in total. The molecule has 0 unspecified atom stereocenters. The first-order valence-electron chi connectivity index (χ1n) is 6.01. The molecule has 0 spiro atoms. The zero-order chi connectivity index (χ0) is 15.9. The Balaban J connectivity index is 1.93. The maximum absolute atomic E-state index is 12.3. The van der Waals surface area contributed by atoms with Gasteiger partial charge in [-0.2, -0.15) is 0 Å². The normalized spacial score (nSPS) is 13.6. The van der Waals surface area contributed by atoms with E-state index in [0.29, 0.717) is 10.0 Å². The maximum Gasteiger partial charge on any atom is 0.338 e. The predicted molar refractivity (Wildman–Crippen MR) is 83.3 cm³/mol. The summed E-state index contributed by atoms with van der Waals surface area (Å²) in [5.41, 5.74) is 1.35. The molecule has 1 aliphatic rings. The molecule has 114 valence electrons. The van der Waals surface area contributed by atoms with Crippen LogP contribution in [-0.4, -0.2) is 19.4 Å². The van der Waals surface area contributed by atoms with Crippen molar-refractivity contribution in [1.29, 1.82) is 0 Å². The second kappa shape index (κ2) is 5.53. The molecule has 1 aliphatic heterocycles. The second-order valence-electron chi connectivity index (χ2n) is 4.50. The molecule has 0 aliphatic carbocycles. The minimum atomic E-state index is -3.84. The van der Waals surface area contributed by atoms with Crippen molar-refractivity contribution in [1.82, 2.24) is 4.98 Å². The third kappa shape index (κ3) is 2.81. The Morgan fingerprint density at radius 1 is 1.32 bits per heavy atom. The van der Waals surface area contributed by atoms with Gasteiger partial charge in [-0.15, -0.1) is 0 Å². The van der Waals surface area contributed by atoms with Gasteiger partial charge in [0.15, 0.2) is 0 Å². The van der Waals surface area contributed by atoms with Crippen LogP contribution in [0.2, 0.25) is 5.15 Å². The summed E-state index contributed by atoms with van der Waals surface area (Å²) in [6.07, 6.45) is 1.15. The lowest BCUT2D eigenvalue weighted by molar-refractivity contribution is 0.0535. The SMILES string of the molecule is O=C1OCc2ccc(NS(=O)(=O)c3cnc(Cl)c(Br)c3)cc21. The van der Waals surface area contributed by atoms with Crippen LogP contribution in [0, 0.1) is 0 Å². The molecule has 3 rings (SSSR count). The van der Waals surface area contributed by atoms with Crippen molar-refractivity contribution in [2.24, 2.45) is 0 Å². The molecule has 0 bridgehead atoms. The Labute approximate surface area is 139 Å². The van der Waals surface area contributed by atoms with Crippen LogP contribution < -0.4 is 4.72 Å². The molecule has 0 atom stereocenters. The first kappa shape index (κ1) is 15.3. The summed E-state index contributed by atoms with van der Waals surface area (Å²) in [6.45, 7) is 0.204. The minimum Gasteiger partial charge on any atom is -0.457 e. The molecule has 9 heteroatoms. The number of ether oxygens (including phenoxy) is 1. The van der Waals surface area contributed by atoms with E-state index in [4.69, 9.17) is 16.3 Å². The minimum absolute atomic E-state index is 0.0492. The third-order valence-electron chi connectivity index (χ3n) is 3.02. The predicted octanol–water partition coefficient (Wildman–Crippen LogP) is 2.97. The molecular weight excluding hydrogens is 396 g/mol. The van der Waals surface area contributed by atoms with Crippen molar-refractivity contribution >= 4 is 49.2 Å². The number of nitrogens with one attached hydrogen (secondary N) is 1. The number of carbonyl (C=O) groups excluding carboxylic acids is 1. The third-order valence-corrected chi connectivity index (χ3v) is 5.50. The van der Waals surface area contributed by atoms with E-state index in [0.717, 1.165) is 11.8 Å². The number of cyclic esters (lactones) is 1. The van der Waals surface area contributed by atoms with Gasteiger partial charge in [0.2, 0.25) is 0 Å². The summed E-state index contributed by atoms with van der Waals surface area (Å²) in [5, 5.41) is 0.166. The van der Waals surface area contributed by atoms with Crippen molar-refractivity contribution < 1.29 is 17.9 Å². The molecule has 22 heavy (non-hydrogen) atoms. The van der Waals surface area contributed by atoms with Gasteiger partial charge < -0.3 is 4.74 Å². The molecule has 0 fully saturated rings. The quantitative estimate of drug-likeness (QED) is 0.629. The lowest BCUT2D eigenvalue weighted by Crippen LogP contribution is -2.13. The van der Waals surface area contributed by atoms with Gasteiger partial charge in [-0.3, -0.25) is 4.72 Å². The lowest BCUT2D eigenvalue weighted by Gasteiger charge is -2.09. The molecule has 2 aromatic rings. The average Bonchev–Trinajstić information content (AvgIpc) is 2.83. The number of fused-ring (bicyclic) bond motifs is 1. The number of rotatable bonds is 3. The van der Waals surface area contributed by atoms with Crippen LogP contribution in [0.25, 0.3) is 0 Å². The van der Waals surface area contributed by atoms with Crippen molar-refractivity contribution in [3.05, 3.63) is 51.2 Å². The molecule has 0 radical (unpaired) electrons. The highest BCUT2D eigenvalue weighted by molar-refractivity contribution is 9.10. The number of pyridine rings is 1. The Morgan fingerprint density at radius 3 is 2.82 bits per heavy atom. The van der Waals surface area contributed by atoms with Crippen LogP contribution in [0.5, 0.6) is 0 Å². The number of halogens is 2. The molecule has 0 saturated heterocycles. The summed E-state index contributed by atoms with van der Waals surface area (Å²) in [4.78, 5) is 15.2. The van der Waals surface area contributed by atoms with E-state index in [1.54, 1.807) is 12.1 Å². The van der Waals surface area contributed by atoms with E-state index < -0.39 is 16.0 Å². The highest BCUT2D eigenvalue weighted by Gasteiger charge is 2.23. The smallest absolute Gasteiger partial charge is 0.338 e. The van der Waals surface area contributed by atoms with Crippen molar-refractivity contribution in [2.45, 2.75) is 11.5 Å². The van der Waals surface area contributed by atoms with Crippen LogP contribution in [0.15, 0.2) is 39.8 Å². The molecule has 0 amide bonds. The summed E-state index contributed by atoms with van der Waals surface area (Å²) < 4.78 is 32.3. The van der Waals surface area contributed by atoms with Crippen molar-refractivity contribution in [3.8, 4) is 0 Å². The highest BCUT2D eigenvalue weighted by Crippen LogP contribution is 2.27. The standard InChI is InChI=1S/C13H8BrClN2O4S/c14-11-4-9(5-16-12(11)15)22(19,20)17-8-2-1-7-6-21-13(18)10(7)3-8/h1-5,17H,6H2. The van der Waals surface area contributed by atoms with E-state index in [1.807, 2.05) is 0 Å². The average molecular weight is 404 g/mol. The monoisotopic (exact) mass is 402 g/mol. The summed E-state index contributed by atoms with van der Waals surface area (Å²) in [7, 11) is -3.84. The molecule has 6 nitrogen and oxygen atoms in total. The van der Waals surface area contributed by atoms with Crippen LogP contribution in [0.1, 0.15) is 15.9 Å². The van der Waals surface area contributed by atoms with Gasteiger partial charge in [0.1, 0.15) is 16.7 Å². The first-order chi connectivity index (χ1) is 10.4. The van der Waals surface area contributed by atoms with E-state index in [-0.39, 0.29) is 22.3 Å². The first-order valence-corrected chi connectivity index (χ1v) is 8.66. The van der Waals surface area contributed by atoms with Gasteiger partial charge in [0.25, 0.3) is 10.0 Å².